The average molecular weight is 285 g/mol. The molecule has 0 aliphatic rings. The minimum absolute atomic E-state index is 0.467. The van der Waals surface area contributed by atoms with Crippen LogP contribution in [0.25, 0.3) is 11.5 Å². The lowest BCUT2D eigenvalue weighted by Gasteiger charge is -2.10. The van der Waals surface area contributed by atoms with Gasteiger partial charge in [-0.2, -0.15) is 4.98 Å². The van der Waals surface area contributed by atoms with Crippen molar-refractivity contribution in [3.63, 3.8) is 0 Å². The second kappa shape index (κ2) is 7.16. The normalized spacial score (nSPS) is 10.9. The van der Waals surface area contributed by atoms with Crippen molar-refractivity contribution in [3.8, 4) is 17.4 Å². The largest absolute Gasteiger partial charge is 0.477 e. The van der Waals surface area contributed by atoms with Crippen molar-refractivity contribution in [2.45, 2.75) is 40.5 Å². The maximum Gasteiger partial charge on any atom is 0.217 e. The van der Waals surface area contributed by atoms with E-state index in [2.05, 4.69) is 35.7 Å². The molecule has 0 N–H and O–H groups in total. The van der Waals surface area contributed by atoms with E-state index in [0.29, 0.717) is 24.2 Å². The van der Waals surface area contributed by atoms with Crippen LogP contribution in [0.4, 0.5) is 0 Å². The molecule has 0 aliphatic carbocycles. The molecule has 2 aromatic heterocycles. The molecule has 4 heteroatoms. The molecular formula is C17H23N3O. The van der Waals surface area contributed by atoms with E-state index in [1.165, 1.54) is 0 Å². The zero-order valence-corrected chi connectivity index (χ0v) is 13.3. The average Bonchev–Trinajstić information content (AvgIpc) is 2.45. The van der Waals surface area contributed by atoms with Gasteiger partial charge in [0.25, 0.3) is 0 Å². The summed E-state index contributed by atoms with van der Waals surface area (Å²) in [5, 5.41) is 0. The first kappa shape index (κ1) is 15.4. The smallest absolute Gasteiger partial charge is 0.217 e. The van der Waals surface area contributed by atoms with Crippen LogP contribution in [0.2, 0.25) is 0 Å². The number of rotatable bonds is 6. The van der Waals surface area contributed by atoms with Gasteiger partial charge in [0.05, 0.1) is 6.61 Å². The fourth-order valence-corrected chi connectivity index (χ4v) is 1.98. The minimum Gasteiger partial charge on any atom is -0.477 e. The lowest BCUT2D eigenvalue weighted by atomic mass is 10.2. The van der Waals surface area contributed by atoms with Gasteiger partial charge in [0.15, 0.2) is 5.82 Å². The van der Waals surface area contributed by atoms with Gasteiger partial charge in [0.1, 0.15) is 5.69 Å². The molecule has 0 aliphatic heterocycles. The molecule has 0 spiro atoms. The third kappa shape index (κ3) is 4.52. The van der Waals surface area contributed by atoms with Crippen LogP contribution in [0.3, 0.4) is 0 Å². The Bertz CT molecular complexity index is 596. The van der Waals surface area contributed by atoms with Gasteiger partial charge < -0.3 is 4.74 Å². The van der Waals surface area contributed by atoms with E-state index in [0.717, 1.165) is 29.9 Å². The number of aromatic nitrogens is 3. The number of nitrogens with zero attached hydrogens (tertiary/aromatic N) is 3. The minimum atomic E-state index is 0.467. The first-order valence-corrected chi connectivity index (χ1v) is 7.53. The van der Waals surface area contributed by atoms with Gasteiger partial charge in [-0.1, -0.05) is 33.3 Å². The Morgan fingerprint density at radius 2 is 1.95 bits per heavy atom. The zero-order chi connectivity index (χ0) is 15.2. The molecule has 2 rings (SSSR count). The SMILES string of the molecule is CCCc1cccc(-c2nc(C)cc(OCC(C)C)n2)n1. The summed E-state index contributed by atoms with van der Waals surface area (Å²) >= 11 is 0. The summed E-state index contributed by atoms with van der Waals surface area (Å²) < 4.78 is 5.71. The fraction of sp³-hybridized carbons (Fsp3) is 0.471. The van der Waals surface area contributed by atoms with Crippen molar-refractivity contribution < 1.29 is 4.74 Å². The van der Waals surface area contributed by atoms with Crippen molar-refractivity contribution in [3.05, 3.63) is 35.7 Å². The van der Waals surface area contributed by atoms with Crippen LogP contribution in [0.1, 0.15) is 38.6 Å². The molecule has 0 bridgehead atoms. The van der Waals surface area contributed by atoms with Crippen molar-refractivity contribution in [2.75, 3.05) is 6.61 Å². The van der Waals surface area contributed by atoms with E-state index in [9.17, 15) is 0 Å². The highest BCUT2D eigenvalue weighted by Crippen LogP contribution is 2.18. The highest BCUT2D eigenvalue weighted by atomic mass is 16.5. The third-order valence-electron chi connectivity index (χ3n) is 2.94. The lowest BCUT2D eigenvalue weighted by Crippen LogP contribution is -2.07. The monoisotopic (exact) mass is 285 g/mol. The van der Waals surface area contributed by atoms with Crippen LogP contribution >= 0.6 is 0 Å². The van der Waals surface area contributed by atoms with Gasteiger partial charge in [-0.25, -0.2) is 9.97 Å². The molecule has 2 aromatic rings. The third-order valence-corrected chi connectivity index (χ3v) is 2.94. The summed E-state index contributed by atoms with van der Waals surface area (Å²) in [6.07, 6.45) is 2.05. The molecule has 0 saturated heterocycles. The zero-order valence-electron chi connectivity index (χ0n) is 13.3. The molecule has 0 unspecified atom stereocenters. The van der Waals surface area contributed by atoms with Crippen LogP contribution in [0.15, 0.2) is 24.3 Å². The first-order chi connectivity index (χ1) is 10.1. The van der Waals surface area contributed by atoms with Gasteiger partial charge in [0, 0.05) is 17.5 Å². The van der Waals surface area contributed by atoms with Crippen molar-refractivity contribution in [2.24, 2.45) is 5.92 Å². The van der Waals surface area contributed by atoms with E-state index >= 15 is 0 Å². The molecule has 2 heterocycles. The number of ether oxygens (including phenoxy) is 1. The van der Waals surface area contributed by atoms with E-state index in [1.807, 2.05) is 31.2 Å². The Morgan fingerprint density at radius 3 is 2.67 bits per heavy atom. The lowest BCUT2D eigenvalue weighted by molar-refractivity contribution is 0.261. The van der Waals surface area contributed by atoms with E-state index in [-0.39, 0.29) is 0 Å². The maximum absolute atomic E-state index is 5.71. The van der Waals surface area contributed by atoms with E-state index < -0.39 is 0 Å². The van der Waals surface area contributed by atoms with Gasteiger partial charge in [-0.3, -0.25) is 0 Å². The van der Waals surface area contributed by atoms with Crippen LogP contribution in [0, 0.1) is 12.8 Å². The molecule has 0 fully saturated rings. The predicted molar refractivity (Wildman–Crippen MR) is 84.3 cm³/mol. The molecule has 112 valence electrons. The first-order valence-electron chi connectivity index (χ1n) is 7.53. The standard InChI is InChI=1S/C17H23N3O/c1-5-7-14-8-6-9-15(19-14)17-18-13(4)10-16(20-17)21-11-12(2)3/h6,8-10,12H,5,7,11H2,1-4H3. The summed E-state index contributed by atoms with van der Waals surface area (Å²) in [4.78, 5) is 13.6. The summed E-state index contributed by atoms with van der Waals surface area (Å²) in [5.74, 6) is 1.72. The summed E-state index contributed by atoms with van der Waals surface area (Å²) in [6, 6.07) is 7.86. The molecule has 21 heavy (non-hydrogen) atoms. The van der Waals surface area contributed by atoms with E-state index in [4.69, 9.17) is 4.74 Å². The Kier molecular flexibility index (Phi) is 5.26. The van der Waals surface area contributed by atoms with Gasteiger partial charge >= 0.3 is 0 Å². The molecule has 0 aromatic carbocycles. The summed E-state index contributed by atoms with van der Waals surface area (Å²) in [7, 11) is 0. The van der Waals surface area contributed by atoms with Crippen molar-refractivity contribution in [1.29, 1.82) is 0 Å². The Morgan fingerprint density at radius 1 is 1.14 bits per heavy atom. The maximum atomic E-state index is 5.71. The highest BCUT2D eigenvalue weighted by molar-refractivity contribution is 5.50. The van der Waals surface area contributed by atoms with Gasteiger partial charge in [0.2, 0.25) is 5.88 Å². The highest BCUT2D eigenvalue weighted by Gasteiger charge is 2.08. The fourth-order valence-electron chi connectivity index (χ4n) is 1.98. The molecule has 0 amide bonds. The Balaban J connectivity index is 2.28. The predicted octanol–water partition coefficient (Wildman–Crippen LogP) is 3.83. The number of hydrogen-bond donors (Lipinski definition) is 0. The number of hydrogen-bond acceptors (Lipinski definition) is 4. The van der Waals surface area contributed by atoms with Crippen LogP contribution in [-0.4, -0.2) is 21.6 Å². The van der Waals surface area contributed by atoms with Crippen molar-refractivity contribution >= 4 is 0 Å². The molecule has 4 nitrogen and oxygen atoms in total. The number of aryl methyl sites for hydroxylation is 2. The summed E-state index contributed by atoms with van der Waals surface area (Å²) in [6.45, 7) is 8.98. The van der Waals surface area contributed by atoms with E-state index in [1.54, 1.807) is 0 Å². The second-order valence-electron chi connectivity index (χ2n) is 5.64. The molecular weight excluding hydrogens is 262 g/mol. The molecule has 0 saturated carbocycles. The molecule has 0 radical (unpaired) electrons. The van der Waals surface area contributed by atoms with Gasteiger partial charge in [-0.05, 0) is 31.4 Å². The second-order valence-corrected chi connectivity index (χ2v) is 5.64. The van der Waals surface area contributed by atoms with Gasteiger partial charge in [-0.15, -0.1) is 0 Å². The van der Waals surface area contributed by atoms with Crippen molar-refractivity contribution in [1.82, 2.24) is 15.0 Å². The Labute approximate surface area is 126 Å². The number of pyridine rings is 1. The summed E-state index contributed by atoms with van der Waals surface area (Å²) in [5.41, 5.74) is 2.77. The van der Waals surface area contributed by atoms with Crippen LogP contribution in [-0.2, 0) is 6.42 Å². The van der Waals surface area contributed by atoms with Crippen LogP contribution < -0.4 is 4.74 Å². The Hall–Kier alpha value is -1.97. The molecule has 0 atom stereocenters. The van der Waals surface area contributed by atoms with Crippen LogP contribution in [0.5, 0.6) is 5.88 Å². The quantitative estimate of drug-likeness (QED) is 0.809. The topological polar surface area (TPSA) is 47.9 Å².